The SMILES string of the molecule is Cc1nc(C)c(C(O)(/C(=C/N)N(C)N)c2ccc3nc(Cl)c(-c4ccccc4)c(Cl)c3c2)s1. The lowest BCUT2D eigenvalue weighted by Crippen LogP contribution is -2.41. The Labute approximate surface area is 206 Å². The predicted molar refractivity (Wildman–Crippen MR) is 136 cm³/mol. The van der Waals surface area contributed by atoms with Crippen LogP contribution in [-0.4, -0.2) is 27.1 Å². The van der Waals surface area contributed by atoms with Crippen molar-refractivity contribution in [2.24, 2.45) is 11.6 Å². The van der Waals surface area contributed by atoms with E-state index in [0.717, 1.165) is 10.6 Å². The van der Waals surface area contributed by atoms with Crippen molar-refractivity contribution in [3.05, 3.63) is 91.7 Å². The summed E-state index contributed by atoms with van der Waals surface area (Å²) in [6.45, 7) is 3.73. The molecule has 6 nitrogen and oxygen atoms in total. The van der Waals surface area contributed by atoms with Crippen LogP contribution in [0.5, 0.6) is 0 Å². The molecule has 0 saturated carbocycles. The van der Waals surface area contributed by atoms with Crippen molar-refractivity contribution in [2.75, 3.05) is 7.05 Å². The highest BCUT2D eigenvalue weighted by molar-refractivity contribution is 7.11. The van der Waals surface area contributed by atoms with Crippen molar-refractivity contribution in [3.63, 3.8) is 0 Å². The van der Waals surface area contributed by atoms with Crippen molar-refractivity contribution >= 4 is 45.4 Å². The van der Waals surface area contributed by atoms with E-state index in [4.69, 9.17) is 34.8 Å². The first-order chi connectivity index (χ1) is 15.7. The van der Waals surface area contributed by atoms with Gasteiger partial charge >= 0.3 is 0 Å². The molecule has 1 atom stereocenters. The molecule has 9 heteroatoms. The molecule has 4 aromatic rings. The van der Waals surface area contributed by atoms with Gasteiger partial charge in [0.2, 0.25) is 0 Å². The molecule has 4 rings (SSSR count). The summed E-state index contributed by atoms with van der Waals surface area (Å²) in [5.74, 6) is 6.08. The lowest BCUT2D eigenvalue weighted by molar-refractivity contribution is 0.0908. The third kappa shape index (κ3) is 3.96. The van der Waals surface area contributed by atoms with Gasteiger partial charge in [-0.1, -0.05) is 59.6 Å². The molecule has 0 aliphatic heterocycles. The molecule has 2 aromatic heterocycles. The van der Waals surface area contributed by atoms with E-state index in [-0.39, 0.29) is 0 Å². The molecule has 170 valence electrons. The first kappa shape index (κ1) is 23.5. The third-order valence-corrected chi connectivity index (χ3v) is 7.35. The lowest BCUT2D eigenvalue weighted by Gasteiger charge is -2.34. The van der Waals surface area contributed by atoms with Gasteiger partial charge in [-0.3, -0.25) is 0 Å². The van der Waals surface area contributed by atoms with E-state index in [1.165, 1.54) is 22.5 Å². The van der Waals surface area contributed by atoms with Crippen LogP contribution in [0.3, 0.4) is 0 Å². The molecule has 1 unspecified atom stereocenters. The average molecular weight is 500 g/mol. The van der Waals surface area contributed by atoms with Gasteiger partial charge in [-0.25, -0.2) is 15.8 Å². The van der Waals surface area contributed by atoms with Crippen molar-refractivity contribution in [1.82, 2.24) is 15.0 Å². The largest absolute Gasteiger partial charge is 0.403 e. The molecule has 0 fully saturated rings. The smallest absolute Gasteiger partial charge is 0.168 e. The Morgan fingerprint density at radius 3 is 2.39 bits per heavy atom. The van der Waals surface area contributed by atoms with Crippen LogP contribution in [0.1, 0.15) is 21.1 Å². The van der Waals surface area contributed by atoms with Crippen LogP contribution in [0.2, 0.25) is 10.2 Å². The molecule has 0 amide bonds. The van der Waals surface area contributed by atoms with E-state index in [1.54, 1.807) is 25.2 Å². The van der Waals surface area contributed by atoms with E-state index in [2.05, 4.69) is 9.97 Å². The number of nitrogens with zero attached hydrogens (tertiary/aromatic N) is 3. The second-order valence-corrected chi connectivity index (χ2v) is 9.65. The summed E-state index contributed by atoms with van der Waals surface area (Å²) in [4.78, 5) is 9.67. The topological polar surface area (TPSA) is 101 Å². The maximum absolute atomic E-state index is 12.2. The maximum Gasteiger partial charge on any atom is 0.168 e. The van der Waals surface area contributed by atoms with E-state index in [9.17, 15) is 5.11 Å². The number of hydrogen-bond donors (Lipinski definition) is 3. The van der Waals surface area contributed by atoms with Crippen LogP contribution in [0.4, 0.5) is 0 Å². The number of likely N-dealkylation sites (N-methyl/N-ethyl adjacent to an activating group) is 1. The number of hydrogen-bond acceptors (Lipinski definition) is 7. The zero-order chi connectivity index (χ0) is 23.9. The molecule has 0 saturated heterocycles. The molecule has 2 heterocycles. The van der Waals surface area contributed by atoms with Gasteiger partial charge in [0.05, 0.1) is 31.8 Å². The molecule has 0 bridgehead atoms. The summed E-state index contributed by atoms with van der Waals surface area (Å²) >= 11 is 14.8. The lowest BCUT2D eigenvalue weighted by atomic mass is 9.86. The third-order valence-electron chi connectivity index (χ3n) is 5.50. The Morgan fingerprint density at radius 1 is 1.12 bits per heavy atom. The number of aryl methyl sites for hydroxylation is 2. The quantitative estimate of drug-likeness (QED) is 0.200. The second-order valence-electron chi connectivity index (χ2n) is 7.71. The normalized spacial score (nSPS) is 13.8. The highest BCUT2D eigenvalue weighted by atomic mass is 35.5. The van der Waals surface area contributed by atoms with Gasteiger partial charge < -0.3 is 15.8 Å². The minimum Gasteiger partial charge on any atom is -0.403 e. The summed E-state index contributed by atoms with van der Waals surface area (Å²) < 4.78 is 0. The fraction of sp³-hybridized carbons (Fsp3) is 0.167. The second kappa shape index (κ2) is 8.93. The van der Waals surface area contributed by atoms with E-state index >= 15 is 0 Å². The fourth-order valence-corrected chi connectivity index (χ4v) is 5.76. The van der Waals surface area contributed by atoms with Crippen molar-refractivity contribution in [2.45, 2.75) is 19.4 Å². The molecular formula is C24H23Cl2N5OS. The minimum absolute atomic E-state index is 0.301. The highest BCUT2D eigenvalue weighted by Crippen LogP contribution is 2.44. The number of fused-ring (bicyclic) bond motifs is 1. The molecular weight excluding hydrogens is 477 g/mol. The van der Waals surface area contributed by atoms with Gasteiger partial charge in [0, 0.05) is 24.2 Å². The molecule has 5 N–H and O–H groups in total. The first-order valence-electron chi connectivity index (χ1n) is 10.1. The minimum atomic E-state index is -1.65. The standard InChI is InChI=1S/C24H23Cl2N5OS/c1-13-22(33-14(2)29-13)24(32,19(12-27)31(3)28)16-9-10-18-17(11-16)21(25)20(23(26)30-18)15-7-5-4-6-8-15/h4-12,32H,27-28H2,1-3H3/b19-12-. The van der Waals surface area contributed by atoms with Crippen molar-refractivity contribution in [3.8, 4) is 11.1 Å². The first-order valence-corrected chi connectivity index (χ1v) is 11.7. The molecule has 0 spiro atoms. The number of aliphatic hydroxyl groups is 1. The number of thiazole rings is 1. The fourth-order valence-electron chi connectivity index (χ4n) is 4.03. The van der Waals surface area contributed by atoms with Gasteiger partial charge in [0.25, 0.3) is 0 Å². The van der Waals surface area contributed by atoms with Crippen LogP contribution < -0.4 is 11.6 Å². The van der Waals surface area contributed by atoms with Crippen LogP contribution in [-0.2, 0) is 5.60 Å². The molecule has 0 radical (unpaired) electrons. The van der Waals surface area contributed by atoms with Gasteiger partial charge in [-0.05, 0) is 37.1 Å². The Hall–Kier alpha value is -2.68. The van der Waals surface area contributed by atoms with Crippen molar-refractivity contribution in [1.29, 1.82) is 0 Å². The summed E-state index contributed by atoms with van der Waals surface area (Å²) in [5, 5.41) is 15.7. The van der Waals surface area contributed by atoms with E-state index in [1.807, 2.05) is 44.2 Å². The predicted octanol–water partition coefficient (Wildman–Crippen LogP) is 5.12. The Balaban J connectivity index is 2.03. The van der Waals surface area contributed by atoms with Gasteiger partial charge in [-0.2, -0.15) is 0 Å². The molecule has 2 aromatic carbocycles. The number of halogens is 2. The average Bonchev–Trinajstić information content (AvgIpc) is 3.12. The number of benzene rings is 2. The Bertz CT molecular complexity index is 1370. The molecule has 33 heavy (non-hydrogen) atoms. The summed E-state index contributed by atoms with van der Waals surface area (Å²) in [5.41, 5.74) is 7.88. The van der Waals surface area contributed by atoms with Crippen LogP contribution in [0.25, 0.3) is 22.0 Å². The summed E-state index contributed by atoms with van der Waals surface area (Å²) in [6.07, 6.45) is 1.30. The highest BCUT2D eigenvalue weighted by Gasteiger charge is 2.41. The monoisotopic (exact) mass is 499 g/mol. The number of hydrazine groups is 1. The van der Waals surface area contributed by atoms with Gasteiger partial charge in [0.1, 0.15) is 5.15 Å². The van der Waals surface area contributed by atoms with Crippen LogP contribution >= 0.6 is 34.5 Å². The van der Waals surface area contributed by atoms with Gasteiger partial charge in [0.15, 0.2) is 5.60 Å². The number of rotatable bonds is 5. The number of nitrogens with two attached hydrogens (primary N) is 2. The van der Waals surface area contributed by atoms with Gasteiger partial charge in [-0.15, -0.1) is 11.3 Å². The van der Waals surface area contributed by atoms with Crippen molar-refractivity contribution < 1.29 is 5.11 Å². The Kier molecular flexibility index (Phi) is 6.35. The van der Waals surface area contributed by atoms with E-state index < -0.39 is 5.60 Å². The van der Waals surface area contributed by atoms with Crippen LogP contribution in [0.15, 0.2) is 60.4 Å². The summed E-state index contributed by atoms with van der Waals surface area (Å²) in [6, 6.07) is 14.9. The van der Waals surface area contributed by atoms with Crippen LogP contribution in [0, 0.1) is 13.8 Å². The zero-order valence-electron chi connectivity index (χ0n) is 18.3. The maximum atomic E-state index is 12.2. The Morgan fingerprint density at radius 2 is 1.82 bits per heavy atom. The van der Waals surface area contributed by atoms with E-state index in [0.29, 0.717) is 48.5 Å². The number of pyridine rings is 1. The zero-order valence-corrected chi connectivity index (χ0v) is 20.6. The molecule has 0 aliphatic rings. The summed E-state index contributed by atoms with van der Waals surface area (Å²) in [7, 11) is 1.62. The number of aromatic nitrogens is 2. The molecule has 0 aliphatic carbocycles.